The molecule has 0 amide bonds. The topological polar surface area (TPSA) is 46.5 Å². The van der Waals surface area contributed by atoms with Crippen LogP contribution in [0.2, 0.25) is 0 Å². The zero-order chi connectivity index (χ0) is 14.5. The molecular weight excluding hydrogens is 240 g/mol. The van der Waals surface area contributed by atoms with Crippen LogP contribution >= 0.6 is 0 Å². The molecule has 1 rings (SSSR count). The second-order valence-electron chi connectivity index (χ2n) is 5.72. The summed E-state index contributed by atoms with van der Waals surface area (Å²) in [7, 11) is 0. The average molecular weight is 264 g/mol. The number of hydrogen-bond acceptors (Lipinski definition) is 2. The van der Waals surface area contributed by atoms with Gasteiger partial charge in [-0.05, 0) is 36.3 Å². The molecule has 1 aromatic rings. The zero-order valence-electron chi connectivity index (χ0n) is 12.3. The van der Waals surface area contributed by atoms with Crippen LogP contribution in [0.25, 0.3) is 0 Å². The van der Waals surface area contributed by atoms with Crippen molar-refractivity contribution in [1.29, 1.82) is 0 Å². The molecule has 0 aromatic heterocycles. The molecule has 0 aliphatic heterocycles. The summed E-state index contributed by atoms with van der Waals surface area (Å²) in [6, 6.07) is 6.15. The van der Waals surface area contributed by atoms with Crippen molar-refractivity contribution in [2.24, 2.45) is 0 Å². The maximum atomic E-state index is 10.6. The molecule has 0 aliphatic carbocycles. The Kier molecular flexibility index (Phi) is 5.40. The Morgan fingerprint density at radius 1 is 1.32 bits per heavy atom. The Balaban J connectivity index is 2.99. The first-order valence-electron chi connectivity index (χ1n) is 6.83. The highest BCUT2D eigenvalue weighted by Crippen LogP contribution is 2.34. The smallest absolute Gasteiger partial charge is 0.303 e. The number of aryl methyl sites for hydroxylation is 1. The normalized spacial score (nSPS) is 11.4. The van der Waals surface area contributed by atoms with Crippen LogP contribution in [0.5, 0.6) is 5.75 Å². The van der Waals surface area contributed by atoms with Crippen molar-refractivity contribution in [3.8, 4) is 5.75 Å². The van der Waals surface area contributed by atoms with E-state index >= 15 is 0 Å². The molecule has 1 N–H and O–H groups in total. The minimum absolute atomic E-state index is 0.0211. The fourth-order valence-electron chi connectivity index (χ4n) is 2.12. The van der Waals surface area contributed by atoms with Crippen LogP contribution in [-0.2, 0) is 16.6 Å². The van der Waals surface area contributed by atoms with E-state index in [2.05, 4.69) is 26.8 Å². The third-order valence-electron chi connectivity index (χ3n) is 3.03. The minimum Gasteiger partial charge on any atom is -0.493 e. The summed E-state index contributed by atoms with van der Waals surface area (Å²) in [5, 5.41) is 8.72. The van der Waals surface area contributed by atoms with Gasteiger partial charge in [0.1, 0.15) is 5.75 Å². The van der Waals surface area contributed by atoms with Gasteiger partial charge in [-0.15, -0.1) is 0 Å². The molecule has 0 bridgehead atoms. The quantitative estimate of drug-likeness (QED) is 0.850. The highest BCUT2D eigenvalue weighted by Gasteiger charge is 2.20. The molecule has 3 nitrogen and oxygen atoms in total. The first-order valence-corrected chi connectivity index (χ1v) is 6.83. The molecule has 0 unspecified atom stereocenters. The first kappa shape index (κ1) is 15.5. The summed E-state index contributed by atoms with van der Waals surface area (Å²) in [6.45, 7) is 9.07. The van der Waals surface area contributed by atoms with Gasteiger partial charge in [-0.25, -0.2) is 0 Å². The van der Waals surface area contributed by atoms with Crippen molar-refractivity contribution in [3.63, 3.8) is 0 Å². The number of carboxylic acids is 1. The molecule has 0 saturated carbocycles. The molecule has 0 spiro atoms. The largest absolute Gasteiger partial charge is 0.493 e. The number of carbonyl (C=O) groups is 1. The number of ether oxygens (including phenoxy) is 1. The molecule has 0 atom stereocenters. The lowest BCUT2D eigenvalue weighted by Crippen LogP contribution is -2.14. The molecule has 0 aliphatic rings. The van der Waals surface area contributed by atoms with Gasteiger partial charge in [-0.1, -0.05) is 39.0 Å². The molecule has 19 heavy (non-hydrogen) atoms. The van der Waals surface area contributed by atoms with E-state index in [-0.39, 0.29) is 11.8 Å². The van der Waals surface area contributed by atoms with Crippen molar-refractivity contribution in [1.82, 2.24) is 0 Å². The lowest BCUT2D eigenvalue weighted by molar-refractivity contribution is -0.137. The van der Waals surface area contributed by atoms with Gasteiger partial charge in [-0.2, -0.15) is 0 Å². The van der Waals surface area contributed by atoms with Gasteiger partial charge in [0.2, 0.25) is 0 Å². The van der Waals surface area contributed by atoms with Gasteiger partial charge in [-0.3, -0.25) is 4.79 Å². The Labute approximate surface area is 115 Å². The molecule has 0 radical (unpaired) electrons. The Morgan fingerprint density at radius 2 is 2.00 bits per heavy atom. The van der Waals surface area contributed by atoms with Crippen molar-refractivity contribution >= 4 is 5.97 Å². The van der Waals surface area contributed by atoms with Crippen molar-refractivity contribution in [2.75, 3.05) is 6.61 Å². The lowest BCUT2D eigenvalue weighted by atomic mass is 9.84. The number of benzene rings is 1. The van der Waals surface area contributed by atoms with Gasteiger partial charge in [0, 0.05) is 6.42 Å². The molecule has 0 heterocycles. The summed E-state index contributed by atoms with van der Waals surface area (Å²) >= 11 is 0. The molecule has 3 heteroatoms. The van der Waals surface area contributed by atoms with E-state index in [1.165, 1.54) is 5.56 Å². The summed E-state index contributed by atoms with van der Waals surface area (Å²) < 4.78 is 5.80. The zero-order valence-corrected chi connectivity index (χ0v) is 12.3. The SMILES string of the molecule is CCOc1c(CCCC(=O)O)cccc1C(C)(C)C. The average Bonchev–Trinajstić information content (AvgIpc) is 2.29. The summed E-state index contributed by atoms with van der Waals surface area (Å²) in [5.74, 6) is 0.188. The summed E-state index contributed by atoms with van der Waals surface area (Å²) in [5.41, 5.74) is 2.31. The van der Waals surface area contributed by atoms with Crippen molar-refractivity contribution in [2.45, 2.75) is 52.4 Å². The fraction of sp³-hybridized carbons (Fsp3) is 0.562. The maximum absolute atomic E-state index is 10.6. The molecule has 106 valence electrons. The Morgan fingerprint density at radius 3 is 2.53 bits per heavy atom. The number of aliphatic carboxylic acids is 1. The van der Waals surface area contributed by atoms with Crippen LogP contribution in [-0.4, -0.2) is 17.7 Å². The van der Waals surface area contributed by atoms with E-state index in [1.54, 1.807) is 0 Å². The minimum atomic E-state index is -0.745. The maximum Gasteiger partial charge on any atom is 0.303 e. The highest BCUT2D eigenvalue weighted by atomic mass is 16.5. The van der Waals surface area contributed by atoms with E-state index in [4.69, 9.17) is 9.84 Å². The highest BCUT2D eigenvalue weighted by molar-refractivity contribution is 5.66. The lowest BCUT2D eigenvalue weighted by Gasteiger charge is -2.24. The van der Waals surface area contributed by atoms with Crippen LogP contribution in [0.3, 0.4) is 0 Å². The van der Waals surface area contributed by atoms with Gasteiger partial charge in [0.15, 0.2) is 0 Å². The van der Waals surface area contributed by atoms with Crippen LogP contribution in [0.4, 0.5) is 0 Å². The molecule has 0 fully saturated rings. The monoisotopic (exact) mass is 264 g/mol. The van der Waals surface area contributed by atoms with E-state index in [0.717, 1.165) is 17.7 Å². The number of carboxylic acid groups (broad SMARTS) is 1. The number of rotatable bonds is 6. The van der Waals surface area contributed by atoms with Crippen LogP contribution in [0.15, 0.2) is 18.2 Å². The van der Waals surface area contributed by atoms with Gasteiger partial charge >= 0.3 is 5.97 Å². The van der Waals surface area contributed by atoms with E-state index in [9.17, 15) is 4.79 Å². The van der Waals surface area contributed by atoms with Crippen molar-refractivity contribution in [3.05, 3.63) is 29.3 Å². The third kappa shape index (κ3) is 4.58. The summed E-state index contributed by atoms with van der Waals surface area (Å²) in [6.07, 6.45) is 1.58. The van der Waals surface area contributed by atoms with Crippen LogP contribution < -0.4 is 4.74 Å². The van der Waals surface area contributed by atoms with Gasteiger partial charge < -0.3 is 9.84 Å². The second-order valence-corrected chi connectivity index (χ2v) is 5.72. The van der Waals surface area contributed by atoms with Gasteiger partial charge in [0.25, 0.3) is 0 Å². The van der Waals surface area contributed by atoms with Gasteiger partial charge in [0.05, 0.1) is 6.61 Å². The van der Waals surface area contributed by atoms with Crippen molar-refractivity contribution < 1.29 is 14.6 Å². The number of hydrogen-bond donors (Lipinski definition) is 1. The predicted octanol–water partition coefficient (Wildman–Crippen LogP) is 3.79. The second kappa shape index (κ2) is 6.60. The Bertz CT molecular complexity index is 430. The van der Waals surface area contributed by atoms with E-state index < -0.39 is 5.97 Å². The first-order chi connectivity index (χ1) is 8.86. The summed E-state index contributed by atoms with van der Waals surface area (Å²) in [4.78, 5) is 10.6. The number of para-hydroxylation sites is 1. The van der Waals surface area contributed by atoms with Crippen LogP contribution in [0, 0.1) is 0 Å². The predicted molar refractivity (Wildman–Crippen MR) is 76.9 cm³/mol. The Hall–Kier alpha value is -1.51. The third-order valence-corrected chi connectivity index (χ3v) is 3.03. The van der Waals surface area contributed by atoms with E-state index in [1.807, 2.05) is 19.1 Å². The van der Waals surface area contributed by atoms with E-state index in [0.29, 0.717) is 13.0 Å². The van der Waals surface area contributed by atoms with Crippen LogP contribution in [0.1, 0.15) is 51.7 Å². The molecule has 1 aromatic carbocycles. The molecular formula is C16H24O3. The molecule has 0 saturated heterocycles. The fourth-order valence-corrected chi connectivity index (χ4v) is 2.12. The standard InChI is InChI=1S/C16H24O3/c1-5-19-15-12(9-7-11-14(17)18)8-6-10-13(15)16(2,3)4/h6,8,10H,5,7,9,11H2,1-4H3,(H,17,18).